The lowest BCUT2D eigenvalue weighted by Crippen LogP contribution is -2.36. The smallest absolute Gasteiger partial charge is 0.264 e. The average molecular weight is 376 g/mol. The van der Waals surface area contributed by atoms with Gasteiger partial charge in [-0.3, -0.25) is 4.79 Å². The van der Waals surface area contributed by atoms with Gasteiger partial charge in [0.1, 0.15) is 18.0 Å². The van der Waals surface area contributed by atoms with Crippen molar-refractivity contribution >= 4 is 5.91 Å². The number of hydrogen-bond donors (Lipinski definition) is 1. The van der Waals surface area contributed by atoms with Crippen molar-refractivity contribution in [3.8, 4) is 23.0 Å². The maximum Gasteiger partial charge on any atom is 0.264 e. The standard InChI is InChI=1S/C21H20N4O3/c1-15(13-17-9-6-12-27-17)22-19(26)14-25-11-5-10-18(25)21-24-23-20(28-21)16-7-3-2-4-8-16/h2-12,15H,13-14H2,1H3,(H,22,26). The summed E-state index contributed by atoms with van der Waals surface area (Å²) in [6, 6.07) is 17.0. The second-order valence-corrected chi connectivity index (χ2v) is 6.55. The molecule has 4 rings (SSSR count). The first-order valence-electron chi connectivity index (χ1n) is 9.05. The fourth-order valence-corrected chi connectivity index (χ4v) is 3.03. The van der Waals surface area contributed by atoms with E-state index in [2.05, 4.69) is 15.5 Å². The van der Waals surface area contributed by atoms with E-state index >= 15 is 0 Å². The molecule has 1 N–H and O–H groups in total. The molecular formula is C21H20N4O3. The van der Waals surface area contributed by atoms with E-state index in [4.69, 9.17) is 8.83 Å². The molecule has 4 aromatic rings. The van der Waals surface area contributed by atoms with Gasteiger partial charge in [-0.05, 0) is 43.3 Å². The van der Waals surface area contributed by atoms with Gasteiger partial charge < -0.3 is 18.7 Å². The first kappa shape index (κ1) is 17.8. The maximum atomic E-state index is 12.4. The van der Waals surface area contributed by atoms with Crippen LogP contribution in [-0.2, 0) is 17.8 Å². The summed E-state index contributed by atoms with van der Waals surface area (Å²) in [5.41, 5.74) is 1.55. The predicted octanol–water partition coefficient (Wildman–Crippen LogP) is 3.55. The molecule has 1 unspecified atom stereocenters. The van der Waals surface area contributed by atoms with E-state index in [1.165, 1.54) is 0 Å². The van der Waals surface area contributed by atoms with Crippen LogP contribution in [0.15, 0.2) is 75.9 Å². The zero-order valence-corrected chi connectivity index (χ0v) is 15.4. The first-order chi connectivity index (χ1) is 13.7. The van der Waals surface area contributed by atoms with E-state index in [-0.39, 0.29) is 18.5 Å². The zero-order valence-electron chi connectivity index (χ0n) is 15.4. The van der Waals surface area contributed by atoms with Gasteiger partial charge in [0, 0.05) is 24.2 Å². The third-order valence-corrected chi connectivity index (χ3v) is 4.30. The molecule has 0 aliphatic carbocycles. The van der Waals surface area contributed by atoms with Crippen LogP contribution in [0.4, 0.5) is 0 Å². The Hall–Kier alpha value is -3.61. The normalized spacial score (nSPS) is 12.0. The number of carbonyl (C=O) groups is 1. The van der Waals surface area contributed by atoms with Crippen molar-refractivity contribution in [3.63, 3.8) is 0 Å². The zero-order chi connectivity index (χ0) is 19.3. The highest BCUT2D eigenvalue weighted by Crippen LogP contribution is 2.24. The summed E-state index contributed by atoms with van der Waals surface area (Å²) >= 11 is 0. The van der Waals surface area contributed by atoms with Crippen LogP contribution in [0.5, 0.6) is 0 Å². The molecule has 28 heavy (non-hydrogen) atoms. The van der Waals surface area contributed by atoms with Crippen LogP contribution >= 0.6 is 0 Å². The van der Waals surface area contributed by atoms with Crippen molar-refractivity contribution in [1.29, 1.82) is 0 Å². The molecule has 3 heterocycles. The predicted molar refractivity (Wildman–Crippen MR) is 103 cm³/mol. The monoisotopic (exact) mass is 376 g/mol. The number of nitrogens with one attached hydrogen (secondary N) is 1. The molecule has 0 fully saturated rings. The molecule has 0 spiro atoms. The molecule has 0 bridgehead atoms. The summed E-state index contributed by atoms with van der Waals surface area (Å²) in [5.74, 6) is 1.56. The van der Waals surface area contributed by atoms with Gasteiger partial charge in [0.25, 0.3) is 5.89 Å². The number of rotatable bonds is 7. The lowest BCUT2D eigenvalue weighted by atomic mass is 10.2. The van der Waals surface area contributed by atoms with E-state index in [1.54, 1.807) is 10.8 Å². The van der Waals surface area contributed by atoms with Gasteiger partial charge in [-0.2, -0.15) is 0 Å². The van der Waals surface area contributed by atoms with E-state index in [0.29, 0.717) is 23.9 Å². The van der Waals surface area contributed by atoms with Gasteiger partial charge in [0.2, 0.25) is 11.8 Å². The quantitative estimate of drug-likeness (QED) is 0.533. The van der Waals surface area contributed by atoms with E-state index in [1.807, 2.05) is 67.7 Å². The molecule has 0 aliphatic heterocycles. The highest BCUT2D eigenvalue weighted by atomic mass is 16.4. The van der Waals surface area contributed by atoms with Crippen LogP contribution in [0.25, 0.3) is 23.0 Å². The number of hydrogen-bond acceptors (Lipinski definition) is 5. The lowest BCUT2D eigenvalue weighted by Gasteiger charge is -2.13. The Labute approximate surface area is 162 Å². The maximum absolute atomic E-state index is 12.4. The molecule has 0 radical (unpaired) electrons. The number of carbonyl (C=O) groups excluding carboxylic acids is 1. The largest absolute Gasteiger partial charge is 0.469 e. The van der Waals surface area contributed by atoms with Crippen molar-refractivity contribution in [2.75, 3.05) is 0 Å². The summed E-state index contributed by atoms with van der Waals surface area (Å²) in [6.07, 6.45) is 4.09. The van der Waals surface area contributed by atoms with Gasteiger partial charge in [-0.1, -0.05) is 18.2 Å². The van der Waals surface area contributed by atoms with Crippen molar-refractivity contribution in [3.05, 3.63) is 72.8 Å². The number of benzene rings is 1. The number of nitrogens with zero attached hydrogens (tertiary/aromatic N) is 3. The van der Waals surface area contributed by atoms with Gasteiger partial charge in [0.15, 0.2) is 0 Å². The third-order valence-electron chi connectivity index (χ3n) is 4.30. The second kappa shape index (κ2) is 7.96. The molecule has 3 aromatic heterocycles. The minimum Gasteiger partial charge on any atom is -0.469 e. The summed E-state index contributed by atoms with van der Waals surface area (Å²) in [7, 11) is 0. The Morgan fingerprint density at radius 2 is 1.89 bits per heavy atom. The number of furan rings is 1. The summed E-state index contributed by atoms with van der Waals surface area (Å²) < 4.78 is 12.9. The van der Waals surface area contributed by atoms with Crippen molar-refractivity contribution in [1.82, 2.24) is 20.1 Å². The molecule has 0 saturated carbocycles. The van der Waals surface area contributed by atoms with Crippen LogP contribution in [-0.4, -0.2) is 26.7 Å². The van der Waals surface area contributed by atoms with Crippen LogP contribution in [0, 0.1) is 0 Å². The van der Waals surface area contributed by atoms with Crippen molar-refractivity contribution in [2.24, 2.45) is 0 Å². The molecular weight excluding hydrogens is 356 g/mol. The van der Waals surface area contributed by atoms with E-state index < -0.39 is 0 Å². The Kier molecular flexibility index (Phi) is 5.05. The van der Waals surface area contributed by atoms with Crippen LogP contribution in [0.2, 0.25) is 0 Å². The highest BCUT2D eigenvalue weighted by molar-refractivity contribution is 5.76. The van der Waals surface area contributed by atoms with Crippen molar-refractivity contribution < 1.29 is 13.6 Å². The SMILES string of the molecule is CC(Cc1ccco1)NC(=O)Cn1cccc1-c1nnc(-c2ccccc2)o1. The van der Waals surface area contributed by atoms with Gasteiger partial charge >= 0.3 is 0 Å². The molecule has 1 amide bonds. The molecule has 7 heteroatoms. The first-order valence-corrected chi connectivity index (χ1v) is 9.05. The van der Waals surface area contributed by atoms with Gasteiger partial charge in [-0.15, -0.1) is 10.2 Å². The van der Waals surface area contributed by atoms with Crippen molar-refractivity contribution in [2.45, 2.75) is 25.9 Å². The van der Waals surface area contributed by atoms with Crippen LogP contribution in [0.3, 0.4) is 0 Å². The second-order valence-electron chi connectivity index (χ2n) is 6.55. The molecule has 0 aliphatic rings. The number of aromatic nitrogens is 3. The average Bonchev–Trinajstić information content (AvgIpc) is 3.43. The molecule has 1 atom stereocenters. The minimum atomic E-state index is -0.0979. The fourth-order valence-electron chi connectivity index (χ4n) is 3.03. The van der Waals surface area contributed by atoms with Crippen LogP contribution < -0.4 is 5.32 Å². The highest BCUT2D eigenvalue weighted by Gasteiger charge is 2.16. The summed E-state index contributed by atoms with van der Waals surface area (Å²) in [6.45, 7) is 2.11. The third kappa shape index (κ3) is 4.03. The van der Waals surface area contributed by atoms with E-state index in [9.17, 15) is 4.79 Å². The van der Waals surface area contributed by atoms with Crippen LogP contribution in [0.1, 0.15) is 12.7 Å². The topological polar surface area (TPSA) is 86.1 Å². The Morgan fingerprint density at radius 3 is 2.68 bits per heavy atom. The van der Waals surface area contributed by atoms with E-state index in [0.717, 1.165) is 11.3 Å². The fraction of sp³-hybridized carbons (Fsp3) is 0.190. The summed E-state index contributed by atoms with van der Waals surface area (Å²) in [4.78, 5) is 12.4. The summed E-state index contributed by atoms with van der Waals surface area (Å²) in [5, 5.41) is 11.2. The molecule has 1 aromatic carbocycles. The molecule has 7 nitrogen and oxygen atoms in total. The lowest BCUT2D eigenvalue weighted by molar-refractivity contribution is -0.122. The van der Waals surface area contributed by atoms with Gasteiger partial charge in [0.05, 0.1) is 6.26 Å². The molecule has 142 valence electrons. The van der Waals surface area contributed by atoms with Gasteiger partial charge in [-0.25, -0.2) is 0 Å². The Bertz CT molecular complexity index is 1030. The minimum absolute atomic E-state index is 0.0363. The Balaban J connectivity index is 1.43. The molecule has 0 saturated heterocycles. The number of amides is 1. The Morgan fingerprint density at radius 1 is 1.07 bits per heavy atom.